The fourth-order valence-electron chi connectivity index (χ4n) is 2.45. The first kappa shape index (κ1) is 25.2. The molecule has 2 aromatic rings. The van der Waals surface area contributed by atoms with E-state index < -0.39 is 17.7 Å². The number of nitrogens with zero attached hydrogens (tertiary/aromatic N) is 1. The number of aliphatic hydroxyl groups excluding tert-OH is 1. The molecule has 0 saturated carbocycles. The maximum Gasteiger partial charge on any atom is 0.338 e. The fraction of sp³-hybridized carbons (Fsp3) is 0.227. The highest BCUT2D eigenvalue weighted by molar-refractivity contribution is 7.99. The van der Waals surface area contributed by atoms with E-state index in [2.05, 4.69) is 9.99 Å². The third-order valence-corrected chi connectivity index (χ3v) is 5.31. The Labute approximate surface area is 194 Å². The van der Waals surface area contributed by atoms with Crippen molar-refractivity contribution in [3.8, 4) is 0 Å². The van der Waals surface area contributed by atoms with Gasteiger partial charge < -0.3 is 19.4 Å². The number of carbonyl (C=O) groups excluding carboxylic acids is 3. The van der Waals surface area contributed by atoms with Crippen LogP contribution in [-0.4, -0.2) is 53.9 Å². The maximum atomic E-state index is 12.7. The van der Waals surface area contributed by atoms with Gasteiger partial charge in [0.1, 0.15) is 12.3 Å². The second-order valence-corrected chi connectivity index (χ2v) is 7.79. The Hall–Kier alpha value is -3.08. The molecule has 0 atom stereocenters. The zero-order valence-corrected chi connectivity index (χ0v) is 19.2. The average Bonchev–Trinajstić information content (AvgIpc) is 2.80. The molecular weight excluding hydrogens is 454 g/mol. The van der Waals surface area contributed by atoms with E-state index in [4.69, 9.17) is 26.8 Å². The Morgan fingerprint density at radius 1 is 1.03 bits per heavy atom. The number of aliphatic hydroxyl groups is 1. The molecule has 8 nitrogen and oxygen atoms in total. The van der Waals surface area contributed by atoms with Gasteiger partial charge in [0.25, 0.3) is 0 Å². The number of ether oxygens (including phenoxy) is 2. The van der Waals surface area contributed by atoms with Crippen molar-refractivity contribution in [2.45, 2.75) is 23.6 Å². The topological polar surface area (TPSA) is 111 Å². The number of hydrogen-bond donors (Lipinski definition) is 1. The molecule has 0 heterocycles. The molecule has 0 spiro atoms. The highest BCUT2D eigenvalue weighted by Crippen LogP contribution is 2.30. The van der Waals surface area contributed by atoms with Crippen LogP contribution in [0.2, 0.25) is 0 Å². The number of rotatable bonds is 9. The van der Waals surface area contributed by atoms with Crippen LogP contribution in [0, 0.1) is 0 Å². The second kappa shape index (κ2) is 12.1. The SMILES string of the molecule is COC(=S)c1cc(Sc2ccc(C(=O)OCCO)cc2)ccc1C(=O)/C(C)=N/OC(C)=O. The summed E-state index contributed by atoms with van der Waals surface area (Å²) in [6.45, 7) is 2.32. The molecule has 1 N–H and O–H groups in total. The molecule has 0 aliphatic heterocycles. The van der Waals surface area contributed by atoms with E-state index >= 15 is 0 Å². The van der Waals surface area contributed by atoms with E-state index in [1.807, 2.05) is 0 Å². The second-order valence-electron chi connectivity index (χ2n) is 6.27. The highest BCUT2D eigenvalue weighted by atomic mass is 32.2. The predicted octanol–water partition coefficient (Wildman–Crippen LogP) is 3.43. The van der Waals surface area contributed by atoms with Gasteiger partial charge in [-0.25, -0.2) is 9.59 Å². The van der Waals surface area contributed by atoms with Crippen LogP contribution in [-0.2, 0) is 19.1 Å². The minimum Gasteiger partial charge on any atom is -0.486 e. The first-order chi connectivity index (χ1) is 15.3. The van der Waals surface area contributed by atoms with Crippen molar-refractivity contribution in [3.63, 3.8) is 0 Å². The van der Waals surface area contributed by atoms with E-state index in [0.717, 1.165) is 9.79 Å². The number of oxime groups is 1. The lowest BCUT2D eigenvalue weighted by atomic mass is 10.0. The van der Waals surface area contributed by atoms with Gasteiger partial charge >= 0.3 is 11.9 Å². The number of ketones is 1. The number of carbonyl (C=O) groups is 3. The summed E-state index contributed by atoms with van der Waals surface area (Å²) in [7, 11) is 1.41. The first-order valence-corrected chi connectivity index (χ1v) is 10.5. The molecule has 2 aromatic carbocycles. The number of methoxy groups -OCH3 is 1. The van der Waals surface area contributed by atoms with Gasteiger partial charge in [-0.3, -0.25) is 4.79 Å². The van der Waals surface area contributed by atoms with Crippen molar-refractivity contribution in [2.75, 3.05) is 20.3 Å². The smallest absolute Gasteiger partial charge is 0.338 e. The molecule has 2 rings (SSSR count). The molecule has 0 radical (unpaired) electrons. The van der Waals surface area contributed by atoms with Gasteiger partial charge in [-0.2, -0.15) is 0 Å². The van der Waals surface area contributed by atoms with Gasteiger partial charge in [-0.1, -0.05) is 16.9 Å². The van der Waals surface area contributed by atoms with Crippen LogP contribution in [0.3, 0.4) is 0 Å². The monoisotopic (exact) mass is 475 g/mol. The molecular formula is C22H21NO7S2. The van der Waals surface area contributed by atoms with Crippen LogP contribution in [0.4, 0.5) is 0 Å². The van der Waals surface area contributed by atoms with Gasteiger partial charge in [0.2, 0.25) is 5.78 Å². The number of hydrogen-bond acceptors (Lipinski definition) is 10. The molecule has 0 bridgehead atoms. The van der Waals surface area contributed by atoms with E-state index in [0.29, 0.717) is 11.1 Å². The summed E-state index contributed by atoms with van der Waals surface area (Å²) in [6.07, 6.45) is 0. The summed E-state index contributed by atoms with van der Waals surface area (Å²) in [5, 5.41) is 12.4. The van der Waals surface area contributed by atoms with Crippen molar-refractivity contribution in [1.82, 2.24) is 0 Å². The maximum absolute atomic E-state index is 12.7. The lowest BCUT2D eigenvalue weighted by Gasteiger charge is -2.11. The van der Waals surface area contributed by atoms with E-state index in [1.54, 1.807) is 42.5 Å². The fourth-order valence-corrected chi connectivity index (χ4v) is 3.48. The quantitative estimate of drug-likeness (QED) is 0.146. The van der Waals surface area contributed by atoms with Crippen molar-refractivity contribution in [1.29, 1.82) is 0 Å². The zero-order valence-electron chi connectivity index (χ0n) is 17.6. The summed E-state index contributed by atoms with van der Waals surface area (Å²) >= 11 is 6.64. The van der Waals surface area contributed by atoms with Crippen LogP contribution in [0.15, 0.2) is 57.4 Å². The Balaban J connectivity index is 2.26. The number of esters is 1. The van der Waals surface area contributed by atoms with Gasteiger partial charge in [0, 0.05) is 27.8 Å². The predicted molar refractivity (Wildman–Crippen MR) is 122 cm³/mol. The van der Waals surface area contributed by atoms with Crippen LogP contribution in [0.1, 0.15) is 40.1 Å². The van der Waals surface area contributed by atoms with E-state index in [1.165, 1.54) is 32.7 Å². The Morgan fingerprint density at radius 2 is 1.69 bits per heavy atom. The molecule has 10 heteroatoms. The van der Waals surface area contributed by atoms with Crippen LogP contribution in [0.5, 0.6) is 0 Å². The number of thiocarbonyl (C=S) groups is 1. The van der Waals surface area contributed by atoms with Gasteiger partial charge in [-0.15, -0.1) is 0 Å². The highest BCUT2D eigenvalue weighted by Gasteiger charge is 2.19. The van der Waals surface area contributed by atoms with Gasteiger partial charge in [-0.05, 0) is 61.6 Å². The Bertz CT molecular complexity index is 1050. The summed E-state index contributed by atoms with van der Waals surface area (Å²) < 4.78 is 10.0. The summed E-state index contributed by atoms with van der Waals surface area (Å²) in [4.78, 5) is 41.7. The number of Topliss-reactive ketones (excluding diaryl/α,β-unsaturated/α-hetero) is 1. The van der Waals surface area contributed by atoms with E-state index in [-0.39, 0.29) is 29.5 Å². The third-order valence-electron chi connectivity index (χ3n) is 3.93. The lowest BCUT2D eigenvalue weighted by Crippen LogP contribution is -2.16. The van der Waals surface area contributed by atoms with Crippen molar-refractivity contribution in [3.05, 3.63) is 59.2 Å². The molecule has 0 fully saturated rings. The lowest BCUT2D eigenvalue weighted by molar-refractivity contribution is -0.140. The zero-order chi connectivity index (χ0) is 23.7. The van der Waals surface area contributed by atoms with Gasteiger partial charge in [0.05, 0.1) is 19.3 Å². The van der Waals surface area contributed by atoms with Gasteiger partial charge in [0.15, 0.2) is 5.05 Å². The summed E-state index contributed by atoms with van der Waals surface area (Å²) in [6, 6.07) is 11.8. The molecule has 32 heavy (non-hydrogen) atoms. The Kier molecular flexibility index (Phi) is 9.51. The third kappa shape index (κ3) is 6.98. The molecule has 0 aromatic heterocycles. The van der Waals surface area contributed by atoms with Crippen LogP contribution in [0.25, 0.3) is 0 Å². The van der Waals surface area contributed by atoms with Crippen LogP contribution >= 0.6 is 24.0 Å². The Morgan fingerprint density at radius 3 is 2.28 bits per heavy atom. The molecule has 0 aliphatic carbocycles. The molecule has 0 aliphatic rings. The minimum atomic E-state index is -0.635. The molecule has 0 saturated heterocycles. The van der Waals surface area contributed by atoms with Crippen molar-refractivity contribution >= 4 is 52.5 Å². The van der Waals surface area contributed by atoms with E-state index in [9.17, 15) is 14.4 Å². The van der Waals surface area contributed by atoms with Crippen LogP contribution < -0.4 is 0 Å². The van der Waals surface area contributed by atoms with Crippen molar-refractivity contribution in [2.24, 2.45) is 5.16 Å². The molecule has 0 unspecified atom stereocenters. The normalized spacial score (nSPS) is 10.9. The summed E-state index contributed by atoms with van der Waals surface area (Å²) in [5.74, 6) is -1.61. The first-order valence-electron chi connectivity index (χ1n) is 9.32. The average molecular weight is 476 g/mol. The molecule has 168 valence electrons. The number of benzene rings is 2. The standard InChI is InChI=1S/C22H21NO7S2/c1-13(23-30-14(2)25)20(26)18-9-8-17(12-19(18)22(31)28-3)32-16-6-4-15(5-7-16)21(27)29-11-10-24/h4-9,12,24H,10-11H2,1-3H3/b23-13+. The molecule has 0 amide bonds. The largest absolute Gasteiger partial charge is 0.486 e. The summed E-state index contributed by atoms with van der Waals surface area (Å²) in [5.41, 5.74) is 1.02. The van der Waals surface area contributed by atoms with Crippen molar-refractivity contribution < 1.29 is 33.8 Å². The minimum absolute atomic E-state index is 0.00979.